The van der Waals surface area contributed by atoms with E-state index in [-0.39, 0.29) is 0 Å². The molecule has 134 valence electrons. The maximum absolute atomic E-state index is 7.61. The normalized spacial score (nSPS) is 14.4. The number of anilines is 5. The number of para-hydroxylation sites is 3. The number of benzene rings is 3. The van der Waals surface area contributed by atoms with Gasteiger partial charge in [0.05, 0.1) is 39.9 Å². The Bertz CT molecular complexity index is 1140. The molecule has 1 heterocycles. The molecule has 0 saturated carbocycles. The van der Waals surface area contributed by atoms with Crippen molar-refractivity contribution in [2.24, 2.45) is 4.99 Å². The second-order valence-corrected chi connectivity index (χ2v) is 6.67. The van der Waals surface area contributed by atoms with Crippen molar-refractivity contribution in [3.63, 3.8) is 0 Å². The number of hydrogen-bond donors (Lipinski definition) is 2. The van der Waals surface area contributed by atoms with Crippen LogP contribution < -0.4 is 10.2 Å². The maximum atomic E-state index is 7.61. The molecule has 28 heavy (non-hydrogen) atoms. The molecule has 3 aromatic rings. The summed E-state index contributed by atoms with van der Waals surface area (Å²) in [7, 11) is 0. The van der Waals surface area contributed by atoms with Gasteiger partial charge in [0.2, 0.25) is 0 Å². The molecule has 4 nitrogen and oxygen atoms in total. The van der Waals surface area contributed by atoms with Crippen LogP contribution >= 0.6 is 0 Å². The van der Waals surface area contributed by atoms with E-state index in [0.29, 0.717) is 5.71 Å². The summed E-state index contributed by atoms with van der Waals surface area (Å²) < 4.78 is 0. The molecule has 0 unspecified atom stereocenters. The number of allylic oxidation sites excluding steroid dienone is 4. The van der Waals surface area contributed by atoms with E-state index in [1.165, 1.54) is 0 Å². The minimum atomic E-state index is 0.487. The fourth-order valence-corrected chi connectivity index (χ4v) is 3.48. The first-order chi connectivity index (χ1) is 13.8. The summed E-state index contributed by atoms with van der Waals surface area (Å²) in [4.78, 5) is 6.97. The highest BCUT2D eigenvalue weighted by atomic mass is 15.2. The monoisotopic (exact) mass is 362 g/mol. The molecule has 2 N–H and O–H groups in total. The molecule has 1 aliphatic carbocycles. The van der Waals surface area contributed by atoms with Crippen LogP contribution in [0.15, 0.2) is 102 Å². The van der Waals surface area contributed by atoms with Gasteiger partial charge in [-0.2, -0.15) is 0 Å². The van der Waals surface area contributed by atoms with Crippen LogP contribution in [0, 0.1) is 5.41 Å². The smallest absolute Gasteiger partial charge is 0.0699 e. The van der Waals surface area contributed by atoms with Crippen LogP contribution in [-0.4, -0.2) is 11.4 Å². The molecule has 0 saturated heterocycles. The average Bonchev–Trinajstić information content (AvgIpc) is 2.74. The predicted octanol–water partition coefficient (Wildman–Crippen LogP) is 6.43. The van der Waals surface area contributed by atoms with Crippen molar-refractivity contribution in [1.29, 1.82) is 5.41 Å². The third-order valence-electron chi connectivity index (χ3n) is 4.78. The van der Waals surface area contributed by atoms with E-state index in [1.807, 2.05) is 30.4 Å². The molecule has 0 spiro atoms. The first-order valence-electron chi connectivity index (χ1n) is 9.17. The van der Waals surface area contributed by atoms with Gasteiger partial charge in [0.15, 0.2) is 0 Å². The number of nitrogens with zero attached hydrogens (tertiary/aromatic N) is 2. The lowest BCUT2D eigenvalue weighted by Crippen LogP contribution is -2.17. The summed E-state index contributed by atoms with van der Waals surface area (Å²) in [6, 6.07) is 24.9. The molecule has 0 aromatic heterocycles. The summed E-state index contributed by atoms with van der Waals surface area (Å²) in [5, 5.41) is 11.2. The highest BCUT2D eigenvalue weighted by molar-refractivity contribution is 6.18. The van der Waals surface area contributed by atoms with Crippen molar-refractivity contribution in [3.8, 4) is 0 Å². The van der Waals surface area contributed by atoms with Crippen LogP contribution in [0.1, 0.15) is 0 Å². The van der Waals surface area contributed by atoms with E-state index in [1.54, 1.807) is 12.2 Å². The molecule has 0 radical (unpaired) electrons. The lowest BCUT2D eigenvalue weighted by molar-refractivity contribution is 1.25. The van der Waals surface area contributed by atoms with E-state index in [4.69, 9.17) is 10.4 Å². The lowest BCUT2D eigenvalue weighted by Gasteiger charge is -2.34. The second-order valence-electron chi connectivity index (χ2n) is 6.67. The number of fused-ring (bicyclic) bond motifs is 2. The zero-order valence-corrected chi connectivity index (χ0v) is 15.1. The van der Waals surface area contributed by atoms with Gasteiger partial charge in [-0.3, -0.25) is 0 Å². The molecular weight excluding hydrogens is 344 g/mol. The van der Waals surface area contributed by atoms with Gasteiger partial charge in [-0.15, -0.1) is 0 Å². The second kappa shape index (κ2) is 6.67. The predicted molar refractivity (Wildman–Crippen MR) is 118 cm³/mol. The van der Waals surface area contributed by atoms with Gasteiger partial charge >= 0.3 is 0 Å². The standard InChI is InChI=1S/C24H18N4/c25-17-10-12-18(13-11-17)26-19-14-15-24-22(16-19)27-21-8-4-5-9-23(21)28(24)20-6-2-1-3-7-20/h1-16,25,27H. The van der Waals surface area contributed by atoms with Crippen LogP contribution in [0.25, 0.3) is 0 Å². The van der Waals surface area contributed by atoms with Gasteiger partial charge in [-0.25, -0.2) is 4.99 Å². The zero-order chi connectivity index (χ0) is 18.9. The third kappa shape index (κ3) is 2.91. The Kier molecular flexibility index (Phi) is 3.87. The molecule has 2 aliphatic rings. The summed E-state index contributed by atoms with van der Waals surface area (Å²) >= 11 is 0. The number of aliphatic imine (C=N–C) groups is 1. The van der Waals surface area contributed by atoms with Crippen LogP contribution in [0.3, 0.4) is 0 Å². The van der Waals surface area contributed by atoms with Gasteiger partial charge in [0, 0.05) is 5.69 Å². The SMILES string of the molecule is N=C1C=CC(=Nc2ccc3c(c2)Nc2ccccc2N3c2ccccc2)C=C1. The Morgan fingerprint density at radius 2 is 1.43 bits per heavy atom. The quantitative estimate of drug-likeness (QED) is 0.404. The highest BCUT2D eigenvalue weighted by Crippen LogP contribution is 2.48. The van der Waals surface area contributed by atoms with Crippen molar-refractivity contribution in [1.82, 2.24) is 0 Å². The van der Waals surface area contributed by atoms with Gasteiger partial charge in [-0.1, -0.05) is 30.3 Å². The Morgan fingerprint density at radius 1 is 0.714 bits per heavy atom. The molecule has 0 atom stereocenters. The van der Waals surface area contributed by atoms with E-state index < -0.39 is 0 Å². The van der Waals surface area contributed by atoms with Crippen LogP contribution in [0.4, 0.5) is 34.1 Å². The summed E-state index contributed by atoms with van der Waals surface area (Å²) in [5.41, 5.74) is 7.61. The van der Waals surface area contributed by atoms with Crippen LogP contribution in [-0.2, 0) is 0 Å². The molecular formula is C24H18N4. The van der Waals surface area contributed by atoms with Gasteiger partial charge in [-0.05, 0) is 66.8 Å². The number of nitrogens with one attached hydrogen (secondary N) is 2. The Labute approximate surface area is 163 Å². The van der Waals surface area contributed by atoms with Gasteiger partial charge < -0.3 is 15.6 Å². The van der Waals surface area contributed by atoms with Crippen molar-refractivity contribution in [3.05, 3.63) is 97.1 Å². The largest absolute Gasteiger partial charge is 0.352 e. The van der Waals surface area contributed by atoms with E-state index in [9.17, 15) is 0 Å². The molecule has 4 heteroatoms. The zero-order valence-electron chi connectivity index (χ0n) is 15.1. The molecule has 0 fully saturated rings. The molecule has 0 bridgehead atoms. The minimum absolute atomic E-state index is 0.487. The van der Waals surface area contributed by atoms with Crippen molar-refractivity contribution in [2.75, 3.05) is 10.2 Å². The molecule has 5 rings (SSSR count). The summed E-state index contributed by atoms with van der Waals surface area (Å²) in [6.07, 6.45) is 7.23. The van der Waals surface area contributed by atoms with Crippen molar-refractivity contribution >= 4 is 45.5 Å². The Balaban J connectivity index is 1.60. The summed E-state index contributed by atoms with van der Waals surface area (Å²) in [6.45, 7) is 0. The van der Waals surface area contributed by atoms with Crippen LogP contribution in [0.5, 0.6) is 0 Å². The Morgan fingerprint density at radius 3 is 2.25 bits per heavy atom. The fourth-order valence-electron chi connectivity index (χ4n) is 3.48. The lowest BCUT2D eigenvalue weighted by atomic mass is 10.1. The van der Waals surface area contributed by atoms with Gasteiger partial charge in [0.25, 0.3) is 0 Å². The Hall–Kier alpha value is -3.92. The third-order valence-corrected chi connectivity index (χ3v) is 4.78. The fraction of sp³-hybridized carbons (Fsp3) is 0. The first kappa shape index (κ1) is 16.3. The van der Waals surface area contributed by atoms with E-state index in [2.05, 4.69) is 64.8 Å². The highest BCUT2D eigenvalue weighted by Gasteiger charge is 2.23. The minimum Gasteiger partial charge on any atom is -0.352 e. The van der Waals surface area contributed by atoms with Gasteiger partial charge in [0.1, 0.15) is 0 Å². The topological polar surface area (TPSA) is 51.5 Å². The maximum Gasteiger partial charge on any atom is 0.0699 e. The molecule has 3 aromatic carbocycles. The number of rotatable bonds is 2. The number of hydrogen-bond acceptors (Lipinski definition) is 4. The van der Waals surface area contributed by atoms with Crippen molar-refractivity contribution < 1.29 is 0 Å². The van der Waals surface area contributed by atoms with E-state index >= 15 is 0 Å². The van der Waals surface area contributed by atoms with Crippen LogP contribution in [0.2, 0.25) is 0 Å². The molecule has 0 amide bonds. The van der Waals surface area contributed by atoms with Crippen molar-refractivity contribution in [2.45, 2.75) is 0 Å². The van der Waals surface area contributed by atoms with E-state index in [0.717, 1.165) is 39.8 Å². The first-order valence-corrected chi connectivity index (χ1v) is 9.17. The average molecular weight is 362 g/mol. The molecule has 1 aliphatic heterocycles. The summed E-state index contributed by atoms with van der Waals surface area (Å²) in [5.74, 6) is 0.